The Bertz CT molecular complexity index is 1160. The molecule has 0 bridgehead atoms. The van der Waals surface area contributed by atoms with Crippen LogP contribution in [0.4, 0.5) is 14.5 Å². The Kier molecular flexibility index (Phi) is 6.19. The number of nitrogens with one attached hydrogen (secondary N) is 1. The summed E-state index contributed by atoms with van der Waals surface area (Å²) >= 11 is 1.29. The molecule has 3 aromatic rings. The summed E-state index contributed by atoms with van der Waals surface area (Å²) in [6.07, 6.45) is 3.24. The molecule has 160 valence electrons. The Balaban J connectivity index is 2.23. The number of hydrogen-bond donors (Lipinski definition) is 1. The molecule has 0 aliphatic rings. The first-order valence-electron chi connectivity index (χ1n) is 9.30. The summed E-state index contributed by atoms with van der Waals surface area (Å²) in [5.41, 5.74) is -0.525. The average molecular weight is 453 g/mol. The summed E-state index contributed by atoms with van der Waals surface area (Å²) in [5.74, 6) is -2.03. The van der Waals surface area contributed by atoms with Crippen LogP contribution in [-0.2, 0) is 15.4 Å². The van der Waals surface area contributed by atoms with Crippen LogP contribution < -0.4 is 4.72 Å². The predicted molar refractivity (Wildman–Crippen MR) is 115 cm³/mol. The second-order valence-electron chi connectivity index (χ2n) is 7.75. The molecule has 2 heterocycles. The lowest BCUT2D eigenvalue weighted by Gasteiger charge is -2.14. The summed E-state index contributed by atoms with van der Waals surface area (Å²) in [7, 11) is -3.75. The second kappa shape index (κ2) is 8.35. The fraction of sp³-hybridized carbons (Fsp3) is 0.350. The predicted octanol–water partition coefficient (Wildman–Crippen LogP) is 4.99. The van der Waals surface area contributed by atoms with Gasteiger partial charge in [0.15, 0.2) is 5.82 Å². The van der Waals surface area contributed by atoms with Crippen LogP contribution in [0.25, 0.3) is 21.8 Å². The molecule has 1 aromatic carbocycles. The zero-order chi connectivity index (χ0) is 22.1. The molecular formula is C20H22F2N4O2S2. The minimum Gasteiger partial charge on any atom is -0.281 e. The highest BCUT2D eigenvalue weighted by Gasteiger charge is 2.28. The van der Waals surface area contributed by atoms with Gasteiger partial charge in [0.2, 0.25) is 10.0 Å². The maximum atomic E-state index is 15.4. The Hall–Kier alpha value is -2.46. The van der Waals surface area contributed by atoms with Crippen molar-refractivity contribution in [2.45, 2.75) is 39.5 Å². The van der Waals surface area contributed by atoms with Crippen molar-refractivity contribution in [3.63, 3.8) is 0 Å². The topological polar surface area (TPSA) is 84.8 Å². The van der Waals surface area contributed by atoms with E-state index in [-0.39, 0.29) is 22.5 Å². The molecule has 0 spiro atoms. The number of anilines is 1. The highest BCUT2D eigenvalue weighted by molar-refractivity contribution is 7.92. The number of halogens is 2. The number of benzene rings is 1. The quantitative estimate of drug-likeness (QED) is 0.569. The Morgan fingerprint density at radius 2 is 1.90 bits per heavy atom. The van der Waals surface area contributed by atoms with Crippen LogP contribution in [0, 0.1) is 11.6 Å². The van der Waals surface area contributed by atoms with E-state index in [1.54, 1.807) is 13.0 Å². The Morgan fingerprint density at radius 1 is 1.17 bits per heavy atom. The number of aromatic nitrogens is 3. The van der Waals surface area contributed by atoms with Gasteiger partial charge in [0.1, 0.15) is 12.1 Å². The lowest BCUT2D eigenvalue weighted by molar-refractivity contribution is 0.580. The lowest BCUT2D eigenvalue weighted by atomic mass is 9.98. The van der Waals surface area contributed by atoms with E-state index in [1.165, 1.54) is 23.9 Å². The third-order valence-corrected chi connectivity index (χ3v) is 7.13. The van der Waals surface area contributed by atoms with Crippen molar-refractivity contribution < 1.29 is 17.2 Å². The molecule has 0 saturated heterocycles. The zero-order valence-corrected chi connectivity index (χ0v) is 18.7. The van der Waals surface area contributed by atoms with Crippen LogP contribution in [0.5, 0.6) is 0 Å². The number of hydrogen-bond acceptors (Lipinski definition) is 6. The van der Waals surface area contributed by atoms with E-state index in [0.717, 1.165) is 12.1 Å². The third kappa shape index (κ3) is 4.65. The molecule has 10 heteroatoms. The van der Waals surface area contributed by atoms with Gasteiger partial charge in [-0.05, 0) is 24.6 Å². The van der Waals surface area contributed by atoms with E-state index in [2.05, 4.69) is 19.7 Å². The minimum atomic E-state index is -3.75. The maximum Gasteiger partial charge on any atom is 0.232 e. The van der Waals surface area contributed by atoms with Gasteiger partial charge in [-0.3, -0.25) is 4.72 Å². The number of thiazole rings is 1. The standard InChI is InChI=1S/C20H22F2N4O2S2/c1-5-10-30(27,28)26-13-7-6-12(21)15(16(13)22)17-18(14-8-9-23-11-24-14)29-19(25-17)20(2,3)4/h6-9,11,26H,5,10H2,1-4H3. The molecule has 0 radical (unpaired) electrons. The summed E-state index contributed by atoms with van der Waals surface area (Å²) in [4.78, 5) is 13.1. The fourth-order valence-corrected chi connectivity index (χ4v) is 4.98. The molecule has 0 saturated carbocycles. The first-order chi connectivity index (χ1) is 14.0. The SMILES string of the molecule is CCCS(=O)(=O)Nc1ccc(F)c(-c2nc(C(C)(C)C)sc2-c2ccncn2)c1F. The minimum absolute atomic E-state index is 0.0789. The van der Waals surface area contributed by atoms with E-state index in [4.69, 9.17) is 0 Å². The molecular weight excluding hydrogens is 430 g/mol. The van der Waals surface area contributed by atoms with Gasteiger partial charge in [-0.1, -0.05) is 27.7 Å². The summed E-state index contributed by atoms with van der Waals surface area (Å²) in [6, 6.07) is 3.73. The van der Waals surface area contributed by atoms with Gasteiger partial charge in [0.05, 0.1) is 38.3 Å². The van der Waals surface area contributed by atoms with Gasteiger partial charge in [-0.2, -0.15) is 0 Å². The van der Waals surface area contributed by atoms with Crippen LogP contribution in [0.15, 0.2) is 30.7 Å². The molecule has 0 unspecified atom stereocenters. The molecule has 0 fully saturated rings. The number of nitrogens with zero attached hydrogens (tertiary/aromatic N) is 3. The second-order valence-corrected chi connectivity index (χ2v) is 10.6. The largest absolute Gasteiger partial charge is 0.281 e. The molecule has 30 heavy (non-hydrogen) atoms. The third-order valence-electron chi connectivity index (χ3n) is 4.15. The van der Waals surface area contributed by atoms with Crippen molar-refractivity contribution in [1.29, 1.82) is 0 Å². The van der Waals surface area contributed by atoms with E-state index in [0.29, 0.717) is 22.0 Å². The van der Waals surface area contributed by atoms with E-state index >= 15 is 4.39 Å². The van der Waals surface area contributed by atoms with Crippen molar-refractivity contribution in [2.24, 2.45) is 0 Å². The zero-order valence-electron chi connectivity index (χ0n) is 17.0. The van der Waals surface area contributed by atoms with Crippen molar-refractivity contribution in [3.8, 4) is 21.8 Å². The first kappa shape index (κ1) is 22.2. The highest BCUT2D eigenvalue weighted by Crippen LogP contribution is 2.42. The fourth-order valence-electron chi connectivity index (χ4n) is 2.74. The van der Waals surface area contributed by atoms with Gasteiger partial charge in [-0.25, -0.2) is 32.2 Å². The van der Waals surface area contributed by atoms with Crippen LogP contribution >= 0.6 is 11.3 Å². The average Bonchev–Trinajstić information content (AvgIpc) is 3.10. The molecule has 6 nitrogen and oxygen atoms in total. The van der Waals surface area contributed by atoms with E-state index in [9.17, 15) is 12.8 Å². The van der Waals surface area contributed by atoms with Crippen LogP contribution in [0.2, 0.25) is 0 Å². The van der Waals surface area contributed by atoms with Gasteiger partial charge in [-0.15, -0.1) is 11.3 Å². The maximum absolute atomic E-state index is 15.4. The van der Waals surface area contributed by atoms with Crippen LogP contribution in [0.3, 0.4) is 0 Å². The van der Waals surface area contributed by atoms with Crippen molar-refractivity contribution in [1.82, 2.24) is 15.0 Å². The molecule has 0 amide bonds. The highest BCUT2D eigenvalue weighted by atomic mass is 32.2. The van der Waals surface area contributed by atoms with Gasteiger partial charge < -0.3 is 0 Å². The molecule has 3 rings (SSSR count). The molecule has 1 N–H and O–H groups in total. The van der Waals surface area contributed by atoms with Crippen molar-refractivity contribution in [2.75, 3.05) is 10.5 Å². The summed E-state index contributed by atoms with van der Waals surface area (Å²) in [5, 5.41) is 0.668. The van der Waals surface area contributed by atoms with E-state index < -0.39 is 27.2 Å². The summed E-state index contributed by atoms with van der Waals surface area (Å²) < 4.78 is 56.6. The van der Waals surface area contributed by atoms with Gasteiger partial charge in [0, 0.05) is 11.6 Å². The van der Waals surface area contributed by atoms with E-state index in [1.807, 2.05) is 20.8 Å². The van der Waals surface area contributed by atoms with Gasteiger partial charge in [0.25, 0.3) is 0 Å². The monoisotopic (exact) mass is 452 g/mol. The molecule has 2 aromatic heterocycles. The Labute approximate surface area is 178 Å². The molecule has 0 aliphatic heterocycles. The Morgan fingerprint density at radius 3 is 2.50 bits per heavy atom. The summed E-state index contributed by atoms with van der Waals surface area (Å²) in [6.45, 7) is 7.53. The first-order valence-corrected chi connectivity index (χ1v) is 11.8. The molecule has 0 atom stereocenters. The van der Waals surface area contributed by atoms with Crippen molar-refractivity contribution >= 4 is 27.0 Å². The van der Waals surface area contributed by atoms with Crippen molar-refractivity contribution in [3.05, 3.63) is 47.4 Å². The number of rotatable bonds is 6. The molecule has 0 aliphatic carbocycles. The normalized spacial score (nSPS) is 12.2. The van der Waals surface area contributed by atoms with Gasteiger partial charge >= 0.3 is 0 Å². The smallest absolute Gasteiger partial charge is 0.232 e. The number of sulfonamides is 1. The lowest BCUT2D eigenvalue weighted by Crippen LogP contribution is -2.17. The van der Waals surface area contributed by atoms with Crippen LogP contribution in [0.1, 0.15) is 39.1 Å². The van der Waals surface area contributed by atoms with Crippen LogP contribution in [-0.4, -0.2) is 29.1 Å².